The summed E-state index contributed by atoms with van der Waals surface area (Å²) in [4.78, 5) is 12.0. The van der Waals surface area contributed by atoms with E-state index < -0.39 is 0 Å². The molecule has 0 saturated heterocycles. The molecular formula is C12H9BrO2. The molecule has 0 aliphatic carbocycles. The molecule has 1 aromatic carbocycles. The van der Waals surface area contributed by atoms with Gasteiger partial charge in [-0.3, -0.25) is 4.79 Å². The molecule has 2 aromatic rings. The first-order valence-corrected chi connectivity index (χ1v) is 5.33. The minimum atomic E-state index is -0.0115. The molecule has 0 aliphatic rings. The summed E-state index contributed by atoms with van der Waals surface area (Å²) in [5.41, 5.74) is 1.28. The van der Waals surface area contributed by atoms with Crippen LogP contribution in [-0.2, 0) is 0 Å². The number of aryl methyl sites for hydroxylation is 1. The van der Waals surface area contributed by atoms with Gasteiger partial charge >= 0.3 is 0 Å². The fourth-order valence-corrected chi connectivity index (χ4v) is 1.89. The minimum Gasteiger partial charge on any atom is -0.454 e. The number of rotatable bonds is 2. The maximum absolute atomic E-state index is 12.0. The van der Waals surface area contributed by atoms with Gasteiger partial charge in [0.2, 0.25) is 0 Å². The van der Waals surface area contributed by atoms with Crippen molar-refractivity contribution in [3.8, 4) is 0 Å². The first-order chi connectivity index (χ1) is 7.18. The number of furan rings is 1. The maximum atomic E-state index is 12.0. The van der Waals surface area contributed by atoms with Crippen molar-refractivity contribution >= 4 is 21.7 Å². The van der Waals surface area contributed by atoms with Crippen LogP contribution in [0, 0.1) is 6.92 Å². The summed E-state index contributed by atoms with van der Waals surface area (Å²) in [6.07, 6.45) is 0. The lowest BCUT2D eigenvalue weighted by molar-refractivity contribution is 0.103. The molecule has 0 radical (unpaired) electrons. The van der Waals surface area contributed by atoms with E-state index in [9.17, 15) is 4.79 Å². The first kappa shape index (κ1) is 10.2. The monoisotopic (exact) mass is 264 g/mol. The molecule has 0 aliphatic heterocycles. The zero-order chi connectivity index (χ0) is 10.8. The molecule has 0 saturated carbocycles. The smallest absolute Gasteiger partial charge is 0.196 e. The zero-order valence-corrected chi connectivity index (χ0v) is 9.74. The summed E-state index contributed by atoms with van der Waals surface area (Å²) in [6, 6.07) is 10.9. The van der Waals surface area contributed by atoms with E-state index in [4.69, 9.17) is 4.42 Å². The van der Waals surface area contributed by atoms with Gasteiger partial charge in [0.25, 0.3) is 0 Å². The predicted molar refractivity (Wildman–Crippen MR) is 61.0 cm³/mol. The van der Waals surface area contributed by atoms with Gasteiger partial charge in [-0.2, -0.15) is 0 Å². The second-order valence-corrected chi connectivity index (χ2v) is 4.00. The summed E-state index contributed by atoms with van der Waals surface area (Å²) < 4.78 is 5.84. The van der Waals surface area contributed by atoms with Crippen molar-refractivity contribution in [2.45, 2.75) is 6.92 Å². The number of halogens is 1. The Kier molecular flexibility index (Phi) is 2.73. The number of carbonyl (C=O) groups is 1. The second kappa shape index (κ2) is 4.03. The molecule has 0 atom stereocenters. The largest absolute Gasteiger partial charge is 0.454 e. The van der Waals surface area contributed by atoms with E-state index in [0.717, 1.165) is 0 Å². The van der Waals surface area contributed by atoms with Gasteiger partial charge in [-0.05, 0) is 22.9 Å². The van der Waals surface area contributed by atoms with Crippen LogP contribution in [0.2, 0.25) is 0 Å². The van der Waals surface area contributed by atoms with Gasteiger partial charge in [0.05, 0.1) is 5.56 Å². The second-order valence-electron chi connectivity index (χ2n) is 3.22. The van der Waals surface area contributed by atoms with Crippen LogP contribution in [0.1, 0.15) is 21.7 Å². The third kappa shape index (κ3) is 2.02. The van der Waals surface area contributed by atoms with Gasteiger partial charge in [-0.1, -0.05) is 30.3 Å². The maximum Gasteiger partial charge on any atom is 0.196 e. The van der Waals surface area contributed by atoms with Crippen molar-refractivity contribution in [1.29, 1.82) is 0 Å². The molecule has 0 amide bonds. The van der Waals surface area contributed by atoms with Crippen LogP contribution >= 0.6 is 15.9 Å². The van der Waals surface area contributed by atoms with Crippen LogP contribution in [0.4, 0.5) is 0 Å². The Morgan fingerprint density at radius 2 is 1.93 bits per heavy atom. The number of benzene rings is 1. The summed E-state index contributed by atoms with van der Waals surface area (Å²) in [7, 11) is 0. The SMILES string of the molecule is Cc1oc(Br)cc1C(=O)c1ccccc1. The van der Waals surface area contributed by atoms with Gasteiger partial charge in [-0.25, -0.2) is 0 Å². The Morgan fingerprint density at radius 3 is 2.47 bits per heavy atom. The highest BCUT2D eigenvalue weighted by Crippen LogP contribution is 2.22. The van der Waals surface area contributed by atoms with E-state index in [1.165, 1.54) is 0 Å². The lowest BCUT2D eigenvalue weighted by Gasteiger charge is -1.97. The molecule has 0 spiro atoms. The number of hydrogen-bond acceptors (Lipinski definition) is 2. The number of ketones is 1. The van der Waals surface area contributed by atoms with E-state index in [-0.39, 0.29) is 5.78 Å². The van der Waals surface area contributed by atoms with E-state index in [0.29, 0.717) is 21.6 Å². The fraction of sp³-hybridized carbons (Fsp3) is 0.0833. The van der Waals surface area contributed by atoms with E-state index in [2.05, 4.69) is 15.9 Å². The number of hydrogen-bond donors (Lipinski definition) is 0. The Bertz CT molecular complexity index is 486. The van der Waals surface area contributed by atoms with Crippen molar-refractivity contribution in [3.63, 3.8) is 0 Å². The molecule has 15 heavy (non-hydrogen) atoms. The summed E-state index contributed by atoms with van der Waals surface area (Å²) >= 11 is 3.20. The summed E-state index contributed by atoms with van der Waals surface area (Å²) in [5, 5.41) is 0. The molecule has 2 nitrogen and oxygen atoms in total. The molecule has 1 heterocycles. The lowest BCUT2D eigenvalue weighted by Crippen LogP contribution is -2.00. The average molecular weight is 265 g/mol. The standard InChI is InChI=1S/C12H9BrO2/c1-8-10(7-11(13)15-8)12(14)9-5-3-2-4-6-9/h2-7H,1H3. The van der Waals surface area contributed by atoms with Crippen molar-refractivity contribution < 1.29 is 9.21 Å². The molecule has 76 valence electrons. The highest BCUT2D eigenvalue weighted by Gasteiger charge is 2.15. The normalized spacial score (nSPS) is 10.3. The van der Waals surface area contributed by atoms with Crippen molar-refractivity contribution in [2.75, 3.05) is 0 Å². The average Bonchev–Trinajstić information content (AvgIpc) is 2.58. The highest BCUT2D eigenvalue weighted by molar-refractivity contribution is 9.10. The number of carbonyl (C=O) groups excluding carboxylic acids is 1. The van der Waals surface area contributed by atoms with Crippen LogP contribution in [0.25, 0.3) is 0 Å². The Hall–Kier alpha value is -1.35. The van der Waals surface area contributed by atoms with Gasteiger partial charge in [0, 0.05) is 11.6 Å². The van der Waals surface area contributed by atoms with Crippen LogP contribution in [0.15, 0.2) is 45.5 Å². The Balaban J connectivity index is 2.41. The molecule has 0 bridgehead atoms. The Labute approximate surface area is 96.0 Å². The molecule has 0 unspecified atom stereocenters. The molecule has 0 N–H and O–H groups in total. The van der Waals surface area contributed by atoms with E-state index >= 15 is 0 Å². The quantitative estimate of drug-likeness (QED) is 0.777. The third-order valence-corrected chi connectivity index (χ3v) is 2.56. The third-order valence-electron chi connectivity index (χ3n) is 2.17. The van der Waals surface area contributed by atoms with Crippen molar-refractivity contribution in [3.05, 3.63) is 58.0 Å². The van der Waals surface area contributed by atoms with Crippen LogP contribution in [0.5, 0.6) is 0 Å². The first-order valence-electron chi connectivity index (χ1n) is 4.54. The molecule has 1 aromatic heterocycles. The topological polar surface area (TPSA) is 30.2 Å². The molecule has 2 rings (SSSR count). The van der Waals surface area contributed by atoms with Gasteiger partial charge in [-0.15, -0.1) is 0 Å². The molecule has 0 fully saturated rings. The van der Waals surface area contributed by atoms with E-state index in [1.807, 2.05) is 18.2 Å². The van der Waals surface area contributed by atoms with Crippen LogP contribution < -0.4 is 0 Å². The fourth-order valence-electron chi connectivity index (χ4n) is 1.42. The van der Waals surface area contributed by atoms with E-state index in [1.54, 1.807) is 25.1 Å². The minimum absolute atomic E-state index is 0.0115. The van der Waals surface area contributed by atoms with Gasteiger partial charge in [0.15, 0.2) is 10.5 Å². The summed E-state index contributed by atoms with van der Waals surface area (Å²) in [6.45, 7) is 1.78. The van der Waals surface area contributed by atoms with Crippen LogP contribution in [-0.4, -0.2) is 5.78 Å². The predicted octanol–water partition coefficient (Wildman–Crippen LogP) is 3.58. The van der Waals surface area contributed by atoms with Crippen molar-refractivity contribution in [1.82, 2.24) is 0 Å². The lowest BCUT2D eigenvalue weighted by atomic mass is 10.0. The van der Waals surface area contributed by atoms with Crippen LogP contribution in [0.3, 0.4) is 0 Å². The molecule has 3 heteroatoms. The summed E-state index contributed by atoms with van der Waals surface area (Å²) in [5.74, 6) is 0.623. The van der Waals surface area contributed by atoms with Crippen molar-refractivity contribution in [2.24, 2.45) is 0 Å². The van der Waals surface area contributed by atoms with Gasteiger partial charge < -0.3 is 4.42 Å². The molecular weight excluding hydrogens is 256 g/mol. The Morgan fingerprint density at radius 1 is 1.27 bits per heavy atom. The highest BCUT2D eigenvalue weighted by atomic mass is 79.9. The zero-order valence-electron chi connectivity index (χ0n) is 8.16. The van der Waals surface area contributed by atoms with Gasteiger partial charge in [0.1, 0.15) is 5.76 Å².